The van der Waals surface area contributed by atoms with Crippen molar-refractivity contribution in [2.24, 2.45) is 0 Å². The number of likely N-dealkylation sites (N-methyl/N-ethyl adjacent to an activating group) is 1. The van der Waals surface area contributed by atoms with Crippen molar-refractivity contribution in [2.75, 3.05) is 39.2 Å². The highest BCUT2D eigenvalue weighted by atomic mass is 16.6. The highest BCUT2D eigenvalue weighted by Crippen LogP contribution is 2.23. The summed E-state index contributed by atoms with van der Waals surface area (Å²) >= 11 is 0. The molecule has 0 bridgehead atoms. The summed E-state index contributed by atoms with van der Waals surface area (Å²) in [5, 5.41) is 6.97. The van der Waals surface area contributed by atoms with Crippen molar-refractivity contribution in [3.8, 4) is 17.4 Å². The van der Waals surface area contributed by atoms with Crippen molar-refractivity contribution < 1.29 is 28.5 Å². The minimum atomic E-state index is -0.654. The number of amides is 2. The van der Waals surface area contributed by atoms with E-state index in [-0.39, 0.29) is 31.1 Å². The third-order valence-corrected chi connectivity index (χ3v) is 5.81. The number of aromatic nitrogens is 3. The molecule has 3 aromatic rings. The number of hydrogen-bond acceptors (Lipinski definition) is 8. The Morgan fingerprint density at radius 2 is 2.03 bits per heavy atom. The molecule has 1 aliphatic rings. The zero-order chi connectivity index (χ0) is 26.2. The molecule has 1 fully saturated rings. The molecule has 37 heavy (non-hydrogen) atoms. The van der Waals surface area contributed by atoms with Gasteiger partial charge < -0.3 is 29.2 Å². The van der Waals surface area contributed by atoms with Crippen LogP contribution in [0.2, 0.25) is 0 Å². The van der Waals surface area contributed by atoms with Crippen LogP contribution in [0.1, 0.15) is 12.0 Å². The minimum Gasteiger partial charge on any atom is -0.492 e. The van der Waals surface area contributed by atoms with E-state index in [1.54, 1.807) is 36.5 Å². The molecule has 4 rings (SSSR count). The van der Waals surface area contributed by atoms with Gasteiger partial charge in [0.25, 0.3) is 5.91 Å². The van der Waals surface area contributed by atoms with Gasteiger partial charge in [-0.25, -0.2) is 4.98 Å². The second-order valence-corrected chi connectivity index (χ2v) is 8.72. The quantitative estimate of drug-likeness (QED) is 0.419. The summed E-state index contributed by atoms with van der Waals surface area (Å²) in [6.07, 6.45) is 4.18. The van der Waals surface area contributed by atoms with Gasteiger partial charge in [0.2, 0.25) is 11.8 Å². The fraction of sp³-hybridized carbons (Fsp3) is 0.385. The summed E-state index contributed by atoms with van der Waals surface area (Å²) in [5.74, 6) is 1.39. The van der Waals surface area contributed by atoms with Crippen LogP contribution in [0.5, 0.6) is 17.4 Å². The average Bonchev–Trinajstić information content (AvgIpc) is 3.54. The first-order chi connectivity index (χ1) is 17.9. The molecule has 2 unspecified atom stereocenters. The van der Waals surface area contributed by atoms with E-state index < -0.39 is 6.10 Å². The van der Waals surface area contributed by atoms with E-state index in [0.717, 1.165) is 11.3 Å². The van der Waals surface area contributed by atoms with E-state index in [1.807, 2.05) is 31.2 Å². The monoisotopic (exact) mass is 509 g/mol. The van der Waals surface area contributed by atoms with Crippen molar-refractivity contribution >= 4 is 17.5 Å². The van der Waals surface area contributed by atoms with E-state index in [9.17, 15) is 9.59 Å². The maximum absolute atomic E-state index is 12.7. The average molecular weight is 510 g/mol. The third kappa shape index (κ3) is 7.43. The van der Waals surface area contributed by atoms with E-state index >= 15 is 0 Å². The molecule has 1 N–H and O–H groups in total. The van der Waals surface area contributed by atoms with Gasteiger partial charge in [-0.05, 0) is 25.1 Å². The number of pyridine rings is 1. The fourth-order valence-electron chi connectivity index (χ4n) is 3.69. The Bertz CT molecular complexity index is 1200. The Morgan fingerprint density at radius 1 is 1.22 bits per heavy atom. The van der Waals surface area contributed by atoms with Gasteiger partial charge in [0.15, 0.2) is 0 Å². The van der Waals surface area contributed by atoms with Crippen LogP contribution in [0.4, 0.5) is 5.69 Å². The summed E-state index contributed by atoms with van der Waals surface area (Å²) < 4.78 is 23.8. The minimum absolute atomic E-state index is 0.0438. The zero-order valence-electron chi connectivity index (χ0n) is 21.1. The molecule has 0 spiro atoms. The molecule has 1 aromatic carbocycles. The highest BCUT2D eigenvalue weighted by Gasteiger charge is 2.32. The molecule has 1 aliphatic heterocycles. The maximum Gasteiger partial charge on any atom is 0.253 e. The topological polar surface area (TPSA) is 117 Å². The van der Waals surface area contributed by atoms with Crippen molar-refractivity contribution in [1.82, 2.24) is 19.7 Å². The van der Waals surface area contributed by atoms with Gasteiger partial charge >= 0.3 is 0 Å². The number of carbonyl (C=O) groups excluding carboxylic acids is 2. The van der Waals surface area contributed by atoms with Crippen molar-refractivity contribution in [1.29, 1.82) is 0 Å². The molecule has 0 radical (unpaired) electrons. The molecule has 196 valence electrons. The first kappa shape index (κ1) is 26.0. The van der Waals surface area contributed by atoms with E-state index in [2.05, 4.69) is 15.4 Å². The number of rotatable bonds is 11. The standard InChI is InChI=1S/C26H31N5O6/c1-18-4-6-20(7-5-18)35-11-10-30(2)25(32)16-31-15-19(14-28-31)29-26(33)23-12-22(17-36-23)37-21-8-9-27-24(13-21)34-3/h4-9,13-15,22-23H,10-12,16-17H2,1-3H3,(H,29,33). The smallest absolute Gasteiger partial charge is 0.253 e. The summed E-state index contributed by atoms with van der Waals surface area (Å²) in [6, 6.07) is 11.2. The van der Waals surface area contributed by atoms with Gasteiger partial charge in [0, 0.05) is 31.9 Å². The number of nitrogens with one attached hydrogen (secondary N) is 1. The van der Waals surface area contributed by atoms with E-state index in [4.69, 9.17) is 18.9 Å². The lowest BCUT2D eigenvalue weighted by Crippen LogP contribution is -2.33. The molecule has 11 heteroatoms. The molecule has 2 amide bonds. The Balaban J connectivity index is 1.19. The van der Waals surface area contributed by atoms with Crippen LogP contribution >= 0.6 is 0 Å². The van der Waals surface area contributed by atoms with Gasteiger partial charge in [0.05, 0.1) is 32.1 Å². The molecule has 0 aliphatic carbocycles. The third-order valence-electron chi connectivity index (χ3n) is 5.81. The summed E-state index contributed by atoms with van der Waals surface area (Å²) in [6.45, 7) is 3.16. The number of ether oxygens (including phenoxy) is 4. The van der Waals surface area contributed by atoms with Crippen molar-refractivity contribution in [2.45, 2.75) is 32.1 Å². The number of anilines is 1. The van der Waals surface area contributed by atoms with Crippen LogP contribution in [0.25, 0.3) is 0 Å². The van der Waals surface area contributed by atoms with Crippen LogP contribution < -0.4 is 19.5 Å². The second kappa shape index (κ2) is 12.2. The van der Waals surface area contributed by atoms with E-state index in [0.29, 0.717) is 36.9 Å². The predicted octanol–water partition coefficient (Wildman–Crippen LogP) is 2.31. The number of benzene rings is 1. The van der Waals surface area contributed by atoms with Gasteiger partial charge in [-0.15, -0.1) is 0 Å². The molecular formula is C26H31N5O6. The summed E-state index contributed by atoms with van der Waals surface area (Å²) in [7, 11) is 3.25. The number of hydrogen-bond donors (Lipinski definition) is 1. The normalized spacial score (nSPS) is 16.7. The number of methoxy groups -OCH3 is 1. The lowest BCUT2D eigenvalue weighted by molar-refractivity contribution is -0.131. The second-order valence-electron chi connectivity index (χ2n) is 8.72. The summed E-state index contributed by atoms with van der Waals surface area (Å²) in [5.41, 5.74) is 1.64. The van der Waals surface area contributed by atoms with Crippen LogP contribution in [-0.2, 0) is 20.9 Å². The Morgan fingerprint density at radius 3 is 2.81 bits per heavy atom. The largest absolute Gasteiger partial charge is 0.492 e. The number of aryl methyl sites for hydroxylation is 1. The first-order valence-electron chi connectivity index (χ1n) is 11.9. The zero-order valence-corrected chi connectivity index (χ0v) is 21.1. The lowest BCUT2D eigenvalue weighted by Gasteiger charge is -2.17. The highest BCUT2D eigenvalue weighted by molar-refractivity contribution is 5.94. The molecule has 3 heterocycles. The number of nitrogens with zero attached hydrogens (tertiary/aromatic N) is 4. The van der Waals surface area contributed by atoms with Crippen LogP contribution in [0.3, 0.4) is 0 Å². The summed E-state index contributed by atoms with van der Waals surface area (Å²) in [4.78, 5) is 30.8. The fourth-order valence-corrected chi connectivity index (χ4v) is 3.69. The lowest BCUT2D eigenvalue weighted by atomic mass is 10.2. The van der Waals surface area contributed by atoms with Gasteiger partial charge in [-0.3, -0.25) is 14.3 Å². The molecule has 2 atom stereocenters. The Labute approximate surface area is 215 Å². The SMILES string of the molecule is COc1cc(OC2COC(C(=O)Nc3cnn(CC(=O)N(C)CCOc4ccc(C)cc4)c3)C2)ccn1. The van der Waals surface area contributed by atoms with Gasteiger partial charge in [-0.2, -0.15) is 5.10 Å². The van der Waals surface area contributed by atoms with Crippen LogP contribution in [0.15, 0.2) is 55.0 Å². The van der Waals surface area contributed by atoms with Crippen LogP contribution in [0, 0.1) is 6.92 Å². The Hall–Kier alpha value is -4.12. The van der Waals surface area contributed by atoms with Crippen molar-refractivity contribution in [3.63, 3.8) is 0 Å². The molecular weight excluding hydrogens is 478 g/mol. The van der Waals surface area contributed by atoms with Gasteiger partial charge in [-0.1, -0.05) is 17.7 Å². The molecule has 1 saturated heterocycles. The molecule has 11 nitrogen and oxygen atoms in total. The van der Waals surface area contributed by atoms with Crippen molar-refractivity contribution in [3.05, 3.63) is 60.6 Å². The van der Waals surface area contributed by atoms with Gasteiger partial charge in [0.1, 0.15) is 36.9 Å². The maximum atomic E-state index is 12.7. The predicted molar refractivity (Wildman–Crippen MR) is 135 cm³/mol. The molecule has 0 saturated carbocycles. The number of carbonyl (C=O) groups is 2. The van der Waals surface area contributed by atoms with E-state index in [1.165, 1.54) is 18.0 Å². The van der Waals surface area contributed by atoms with Crippen LogP contribution in [-0.4, -0.2) is 77.6 Å². The molecule has 2 aromatic heterocycles. The Kier molecular flexibility index (Phi) is 8.57. The first-order valence-corrected chi connectivity index (χ1v) is 11.9.